The molecule has 5 rings (SSSR count). The normalized spacial score (nSPS) is 12.1. The number of nitrogens with one attached hydrogen (secondary N) is 2. The van der Waals surface area contributed by atoms with Crippen LogP contribution < -0.4 is 10.1 Å². The second-order valence-corrected chi connectivity index (χ2v) is 7.96. The van der Waals surface area contributed by atoms with Crippen molar-refractivity contribution in [2.45, 2.75) is 19.4 Å². The topological polar surface area (TPSA) is 67.0 Å². The number of aromatic nitrogens is 2. The van der Waals surface area contributed by atoms with Crippen molar-refractivity contribution in [3.05, 3.63) is 94.6 Å². The zero-order chi connectivity index (χ0) is 22.9. The summed E-state index contributed by atoms with van der Waals surface area (Å²) in [7, 11) is 1.66. The fraction of sp³-hybridized carbons (Fsp3) is 0.154. The van der Waals surface area contributed by atoms with Crippen LogP contribution in [0.2, 0.25) is 0 Å². The second kappa shape index (κ2) is 8.50. The molecule has 0 unspecified atom stereocenters. The van der Waals surface area contributed by atoms with Crippen LogP contribution in [0.4, 0.5) is 8.78 Å². The third kappa shape index (κ3) is 3.98. The number of carbonyl (C=O) groups is 1. The first-order valence-electron chi connectivity index (χ1n) is 10.6. The lowest BCUT2D eigenvalue weighted by Crippen LogP contribution is -2.22. The molecule has 0 saturated heterocycles. The average Bonchev–Trinajstić information content (AvgIpc) is 3.29. The summed E-state index contributed by atoms with van der Waals surface area (Å²) in [5.74, 6) is -1.30. The molecule has 7 heteroatoms. The highest BCUT2D eigenvalue weighted by Crippen LogP contribution is 2.38. The summed E-state index contributed by atoms with van der Waals surface area (Å²) in [6.45, 7) is 0.106. The Balaban J connectivity index is 1.32. The van der Waals surface area contributed by atoms with E-state index in [9.17, 15) is 13.6 Å². The number of hydrogen-bond acceptors (Lipinski definition) is 3. The Hall–Kier alpha value is -4.00. The summed E-state index contributed by atoms with van der Waals surface area (Å²) >= 11 is 0. The van der Waals surface area contributed by atoms with E-state index in [1.54, 1.807) is 19.2 Å². The minimum Gasteiger partial charge on any atom is -0.497 e. The zero-order valence-electron chi connectivity index (χ0n) is 17.9. The quantitative estimate of drug-likeness (QED) is 0.451. The number of methoxy groups -OCH3 is 1. The number of hydrogen-bond donors (Lipinski definition) is 2. The number of H-pyrrole nitrogens is 1. The molecular formula is C26H21F2N3O2. The molecule has 33 heavy (non-hydrogen) atoms. The summed E-state index contributed by atoms with van der Waals surface area (Å²) in [4.78, 5) is 12.5. The number of ether oxygens (including phenoxy) is 1. The maximum Gasteiger partial charge on any atom is 0.251 e. The highest BCUT2D eigenvalue weighted by Gasteiger charge is 2.23. The van der Waals surface area contributed by atoms with E-state index in [1.807, 2.05) is 18.2 Å². The monoisotopic (exact) mass is 445 g/mol. The van der Waals surface area contributed by atoms with E-state index < -0.39 is 11.6 Å². The van der Waals surface area contributed by atoms with Crippen molar-refractivity contribution >= 4 is 5.91 Å². The van der Waals surface area contributed by atoms with Crippen LogP contribution in [0.25, 0.3) is 22.5 Å². The number of halogens is 2. The van der Waals surface area contributed by atoms with Crippen LogP contribution in [0, 0.1) is 11.6 Å². The van der Waals surface area contributed by atoms with Gasteiger partial charge in [-0.2, -0.15) is 5.10 Å². The zero-order valence-corrected chi connectivity index (χ0v) is 17.9. The summed E-state index contributed by atoms with van der Waals surface area (Å²) < 4.78 is 31.7. The van der Waals surface area contributed by atoms with Crippen molar-refractivity contribution in [1.82, 2.24) is 15.5 Å². The molecule has 0 bridgehead atoms. The van der Waals surface area contributed by atoms with E-state index in [0.717, 1.165) is 58.8 Å². The number of rotatable bonds is 5. The van der Waals surface area contributed by atoms with Crippen molar-refractivity contribution in [2.24, 2.45) is 0 Å². The Morgan fingerprint density at radius 2 is 1.85 bits per heavy atom. The number of fused-ring (bicyclic) bond motifs is 3. The standard InChI is InChI=1S/C26H21F2N3O2/c1-33-19-8-10-20-18(13-19)7-9-21-24(30-31-25(20)21)16-3-5-17(6-4-16)26(32)29-14-15-2-11-22(27)23(28)12-15/h2-6,8,10-13H,7,9,14H2,1H3,(H,29,32)(H,30,31). The highest BCUT2D eigenvalue weighted by molar-refractivity contribution is 5.94. The predicted molar refractivity (Wildman–Crippen MR) is 121 cm³/mol. The Morgan fingerprint density at radius 1 is 1.03 bits per heavy atom. The van der Waals surface area contributed by atoms with Gasteiger partial charge in [-0.15, -0.1) is 0 Å². The molecule has 0 fully saturated rings. The average molecular weight is 445 g/mol. The van der Waals surface area contributed by atoms with Gasteiger partial charge in [-0.3, -0.25) is 9.89 Å². The number of aryl methyl sites for hydroxylation is 1. The van der Waals surface area contributed by atoms with Crippen molar-refractivity contribution in [1.29, 1.82) is 0 Å². The third-order valence-electron chi connectivity index (χ3n) is 5.95. The Kier molecular flexibility index (Phi) is 5.38. The first kappa shape index (κ1) is 20.9. The second-order valence-electron chi connectivity index (χ2n) is 7.96. The molecule has 0 spiro atoms. The first-order chi connectivity index (χ1) is 16.0. The molecule has 5 nitrogen and oxygen atoms in total. The van der Waals surface area contributed by atoms with Crippen molar-refractivity contribution in [2.75, 3.05) is 7.11 Å². The lowest BCUT2D eigenvalue weighted by Gasteiger charge is -2.17. The van der Waals surface area contributed by atoms with Crippen molar-refractivity contribution in [3.8, 4) is 28.3 Å². The fourth-order valence-corrected chi connectivity index (χ4v) is 4.19. The maximum atomic E-state index is 13.3. The van der Waals surface area contributed by atoms with Crippen LogP contribution in [-0.4, -0.2) is 23.2 Å². The van der Waals surface area contributed by atoms with Crippen molar-refractivity contribution < 1.29 is 18.3 Å². The minimum atomic E-state index is -0.935. The largest absolute Gasteiger partial charge is 0.497 e. The number of benzene rings is 3. The lowest BCUT2D eigenvalue weighted by molar-refractivity contribution is 0.0951. The van der Waals surface area contributed by atoms with E-state index in [0.29, 0.717) is 11.1 Å². The van der Waals surface area contributed by atoms with Gasteiger partial charge in [0.25, 0.3) is 5.91 Å². The molecule has 2 N–H and O–H groups in total. The Morgan fingerprint density at radius 3 is 2.61 bits per heavy atom. The van der Waals surface area contributed by atoms with E-state index in [-0.39, 0.29) is 12.5 Å². The first-order valence-corrected chi connectivity index (χ1v) is 10.6. The Labute approximate surface area is 189 Å². The molecule has 1 aromatic heterocycles. The van der Waals surface area contributed by atoms with Crippen LogP contribution in [0.5, 0.6) is 5.75 Å². The SMILES string of the molecule is COc1ccc2c(c1)CCc1c(-c3ccc(C(=O)NCc4ccc(F)c(F)c4)cc3)n[nH]c1-2. The van der Waals surface area contributed by atoms with Crippen LogP contribution in [-0.2, 0) is 19.4 Å². The van der Waals surface area contributed by atoms with Crippen LogP contribution >= 0.6 is 0 Å². The number of carbonyl (C=O) groups excluding carboxylic acids is 1. The van der Waals surface area contributed by atoms with Gasteiger partial charge >= 0.3 is 0 Å². The van der Waals surface area contributed by atoms with Crippen LogP contribution in [0.15, 0.2) is 60.7 Å². The lowest BCUT2D eigenvalue weighted by atomic mass is 9.87. The highest BCUT2D eigenvalue weighted by atomic mass is 19.2. The van der Waals surface area contributed by atoms with Gasteiger partial charge in [0.15, 0.2) is 11.6 Å². The summed E-state index contributed by atoms with van der Waals surface area (Å²) in [6.07, 6.45) is 1.76. The van der Waals surface area contributed by atoms with Crippen molar-refractivity contribution in [3.63, 3.8) is 0 Å². The Bertz CT molecular complexity index is 1350. The molecule has 3 aromatic carbocycles. The molecular weight excluding hydrogens is 424 g/mol. The molecule has 0 saturated carbocycles. The number of amides is 1. The molecule has 1 heterocycles. The molecule has 166 valence electrons. The van der Waals surface area contributed by atoms with Gasteiger partial charge in [0.1, 0.15) is 5.75 Å². The number of nitrogens with zero attached hydrogens (tertiary/aromatic N) is 1. The summed E-state index contributed by atoms with van der Waals surface area (Å²) in [6, 6.07) is 16.8. The molecule has 0 atom stereocenters. The summed E-state index contributed by atoms with van der Waals surface area (Å²) in [5.41, 5.74) is 7.28. The maximum absolute atomic E-state index is 13.3. The molecule has 1 amide bonds. The molecule has 0 radical (unpaired) electrons. The summed E-state index contributed by atoms with van der Waals surface area (Å²) in [5, 5.41) is 10.5. The van der Waals surface area contributed by atoms with E-state index in [4.69, 9.17) is 4.74 Å². The van der Waals surface area contributed by atoms with E-state index in [2.05, 4.69) is 27.6 Å². The molecule has 4 aromatic rings. The van der Waals surface area contributed by atoms with Gasteiger partial charge < -0.3 is 10.1 Å². The fourth-order valence-electron chi connectivity index (χ4n) is 4.19. The molecule has 1 aliphatic carbocycles. The predicted octanol–water partition coefficient (Wildman–Crippen LogP) is 5.06. The van der Waals surface area contributed by atoms with Crippen LogP contribution in [0.3, 0.4) is 0 Å². The smallest absolute Gasteiger partial charge is 0.251 e. The van der Waals surface area contributed by atoms with Gasteiger partial charge in [0.05, 0.1) is 18.5 Å². The van der Waals surface area contributed by atoms with Crippen LogP contribution in [0.1, 0.15) is 27.0 Å². The minimum absolute atomic E-state index is 0.106. The van der Waals surface area contributed by atoms with Gasteiger partial charge in [0.2, 0.25) is 0 Å². The molecule has 0 aliphatic heterocycles. The third-order valence-corrected chi connectivity index (χ3v) is 5.95. The number of aromatic amines is 1. The van der Waals surface area contributed by atoms with E-state index in [1.165, 1.54) is 11.6 Å². The van der Waals surface area contributed by atoms with Gasteiger partial charge in [-0.1, -0.05) is 18.2 Å². The van der Waals surface area contributed by atoms with E-state index >= 15 is 0 Å². The molecule has 1 aliphatic rings. The van der Waals surface area contributed by atoms with Gasteiger partial charge in [-0.25, -0.2) is 8.78 Å². The van der Waals surface area contributed by atoms with Gasteiger partial charge in [-0.05, 0) is 66.4 Å². The van der Waals surface area contributed by atoms with Gasteiger partial charge in [0, 0.05) is 28.8 Å².